The van der Waals surface area contributed by atoms with Crippen LogP contribution in [-0.2, 0) is 4.74 Å². The van der Waals surface area contributed by atoms with Gasteiger partial charge in [0, 0.05) is 25.9 Å². The molecule has 1 N–H and O–H groups in total. The number of aromatic nitrogens is 1. The quantitative estimate of drug-likeness (QED) is 0.596. The van der Waals surface area contributed by atoms with Crippen molar-refractivity contribution in [3.05, 3.63) is 66.1 Å². The minimum atomic E-state index is -0.387. The number of ether oxygens (including phenoxy) is 2. The van der Waals surface area contributed by atoms with Gasteiger partial charge in [-0.3, -0.25) is 10.2 Å². The van der Waals surface area contributed by atoms with Crippen LogP contribution in [0.5, 0.6) is 10.8 Å². The molecule has 1 heterocycles. The molecule has 0 aliphatic carbocycles. The molecule has 0 aliphatic heterocycles. The molecule has 1 atom stereocenters. The minimum absolute atomic E-state index is 0.0714. The molecule has 0 spiro atoms. The van der Waals surface area contributed by atoms with Gasteiger partial charge < -0.3 is 9.47 Å². The highest BCUT2D eigenvalue weighted by Gasteiger charge is 2.15. The summed E-state index contributed by atoms with van der Waals surface area (Å²) in [7, 11) is 3.31. The molecule has 0 saturated carbocycles. The summed E-state index contributed by atoms with van der Waals surface area (Å²) in [5.41, 5.74) is 1.70. The van der Waals surface area contributed by atoms with E-state index in [4.69, 9.17) is 9.47 Å². The van der Waals surface area contributed by atoms with Gasteiger partial charge in [-0.2, -0.15) is 0 Å². The zero-order valence-electron chi connectivity index (χ0n) is 15.7. The van der Waals surface area contributed by atoms with E-state index in [-0.39, 0.29) is 18.0 Å². The Bertz CT molecular complexity index is 963. The van der Waals surface area contributed by atoms with Gasteiger partial charge >= 0.3 is 6.03 Å². The normalized spacial score (nSPS) is 11.7. The van der Waals surface area contributed by atoms with Crippen LogP contribution in [0.1, 0.15) is 18.6 Å². The number of hydrogen-bond acceptors (Lipinski definition) is 5. The molecule has 8 heteroatoms. The molecule has 2 amide bonds. The van der Waals surface area contributed by atoms with E-state index in [1.165, 1.54) is 23.2 Å². The largest absolute Gasteiger partial charge is 0.445 e. The average molecular weight is 401 g/mol. The number of amides is 2. The number of rotatable bonds is 6. The van der Waals surface area contributed by atoms with Gasteiger partial charge in [0.1, 0.15) is 11.6 Å². The van der Waals surface area contributed by atoms with Gasteiger partial charge in [0.15, 0.2) is 5.13 Å². The van der Waals surface area contributed by atoms with Crippen LogP contribution in [0.3, 0.4) is 0 Å². The Labute approximate surface area is 166 Å². The van der Waals surface area contributed by atoms with Gasteiger partial charge in [0.05, 0.1) is 12.3 Å². The molecule has 0 aliphatic rings. The molecule has 2 aromatic carbocycles. The molecule has 1 aromatic heterocycles. The summed E-state index contributed by atoms with van der Waals surface area (Å²) < 4.78 is 24.1. The van der Waals surface area contributed by atoms with Crippen molar-refractivity contribution in [1.29, 1.82) is 0 Å². The van der Waals surface area contributed by atoms with Gasteiger partial charge in [0.2, 0.25) is 5.06 Å². The first-order valence-corrected chi connectivity index (χ1v) is 9.34. The van der Waals surface area contributed by atoms with Crippen LogP contribution in [0.2, 0.25) is 0 Å². The zero-order valence-corrected chi connectivity index (χ0v) is 16.5. The molecule has 0 bridgehead atoms. The average Bonchev–Trinajstić information content (AvgIpc) is 3.13. The van der Waals surface area contributed by atoms with Crippen LogP contribution in [0.25, 0.3) is 0 Å². The number of anilines is 2. The van der Waals surface area contributed by atoms with Crippen LogP contribution >= 0.6 is 11.3 Å². The second-order valence-corrected chi connectivity index (χ2v) is 7.00. The summed E-state index contributed by atoms with van der Waals surface area (Å²) in [4.78, 5) is 18.2. The molecular formula is C20H20FN3O3S. The summed E-state index contributed by atoms with van der Waals surface area (Å²) >= 11 is 1.15. The first-order valence-electron chi connectivity index (χ1n) is 8.53. The molecule has 6 nitrogen and oxygen atoms in total. The molecule has 28 heavy (non-hydrogen) atoms. The molecule has 3 rings (SSSR count). The van der Waals surface area contributed by atoms with Crippen molar-refractivity contribution in [1.82, 2.24) is 4.98 Å². The lowest BCUT2D eigenvalue weighted by molar-refractivity contribution is 0.119. The number of urea groups is 1. The van der Waals surface area contributed by atoms with Crippen LogP contribution in [0.4, 0.5) is 20.0 Å². The Hall–Kier alpha value is -2.97. The number of thiazole rings is 1. The SMILES string of the molecule is CO[C@@H](C)c1cccc(N(C)C(=O)Nc2ncc(Oc3cccc(F)c3)s2)c1. The van der Waals surface area contributed by atoms with Crippen molar-refractivity contribution >= 4 is 28.2 Å². The maximum atomic E-state index is 13.2. The van der Waals surface area contributed by atoms with E-state index < -0.39 is 0 Å². The lowest BCUT2D eigenvalue weighted by atomic mass is 10.1. The van der Waals surface area contributed by atoms with Gasteiger partial charge in [-0.25, -0.2) is 14.2 Å². The molecule has 0 saturated heterocycles. The van der Waals surface area contributed by atoms with Gasteiger partial charge in [-0.1, -0.05) is 29.5 Å². The van der Waals surface area contributed by atoms with E-state index in [9.17, 15) is 9.18 Å². The number of halogens is 1. The fraction of sp³-hybridized carbons (Fsp3) is 0.200. The number of benzene rings is 2. The summed E-state index contributed by atoms with van der Waals surface area (Å²) in [6.07, 6.45) is 1.41. The second kappa shape index (κ2) is 8.81. The van der Waals surface area contributed by atoms with Crippen LogP contribution in [0, 0.1) is 5.82 Å². The molecule has 0 unspecified atom stereocenters. The fourth-order valence-corrected chi connectivity index (χ4v) is 3.10. The Morgan fingerprint density at radius 3 is 2.79 bits per heavy atom. The predicted molar refractivity (Wildman–Crippen MR) is 108 cm³/mol. The number of nitrogens with one attached hydrogen (secondary N) is 1. The standard InChI is InChI=1S/C20H20FN3O3S/c1-13(26-3)14-6-4-8-16(10-14)24(2)20(25)23-19-22-12-18(28-19)27-17-9-5-7-15(21)11-17/h4-13H,1-3H3,(H,22,23,25)/t13-/m0/s1. The number of nitrogens with zero attached hydrogens (tertiary/aromatic N) is 2. The smallest absolute Gasteiger partial charge is 0.327 e. The van der Waals surface area contributed by atoms with Crippen molar-refractivity contribution in [3.8, 4) is 10.8 Å². The highest BCUT2D eigenvalue weighted by molar-refractivity contribution is 7.17. The predicted octanol–water partition coefficient (Wildman–Crippen LogP) is 5.45. The number of carbonyl (C=O) groups excluding carboxylic acids is 1. The Morgan fingerprint density at radius 2 is 2.04 bits per heavy atom. The van der Waals surface area contributed by atoms with Crippen LogP contribution < -0.4 is 15.0 Å². The monoisotopic (exact) mass is 401 g/mol. The summed E-state index contributed by atoms with van der Waals surface area (Å²) in [6.45, 7) is 1.94. The van der Waals surface area contributed by atoms with Crippen molar-refractivity contribution in [3.63, 3.8) is 0 Å². The van der Waals surface area contributed by atoms with E-state index in [1.54, 1.807) is 26.3 Å². The molecule has 0 fully saturated rings. The maximum absolute atomic E-state index is 13.2. The van der Waals surface area contributed by atoms with E-state index >= 15 is 0 Å². The maximum Gasteiger partial charge on any atom is 0.327 e. The highest BCUT2D eigenvalue weighted by atomic mass is 32.1. The Morgan fingerprint density at radius 1 is 1.25 bits per heavy atom. The van der Waals surface area contributed by atoms with Gasteiger partial charge in [-0.05, 0) is 36.8 Å². The first-order chi connectivity index (χ1) is 13.5. The third-order valence-electron chi connectivity index (χ3n) is 4.10. The first kappa shape index (κ1) is 19.8. The third kappa shape index (κ3) is 4.85. The second-order valence-electron chi connectivity index (χ2n) is 6.01. The van der Waals surface area contributed by atoms with E-state index in [0.717, 1.165) is 22.6 Å². The van der Waals surface area contributed by atoms with E-state index in [2.05, 4.69) is 10.3 Å². The molecule has 146 valence electrons. The number of methoxy groups -OCH3 is 1. The summed E-state index contributed by atoms with van der Waals surface area (Å²) in [6, 6.07) is 13.0. The van der Waals surface area contributed by atoms with Crippen molar-refractivity contribution in [2.45, 2.75) is 13.0 Å². The molecular weight excluding hydrogens is 381 g/mol. The minimum Gasteiger partial charge on any atom is -0.445 e. The van der Waals surface area contributed by atoms with Crippen molar-refractivity contribution in [2.75, 3.05) is 24.4 Å². The third-order valence-corrected chi connectivity index (χ3v) is 4.89. The fourth-order valence-electron chi connectivity index (χ4n) is 2.43. The lowest BCUT2D eigenvalue weighted by Gasteiger charge is -2.19. The van der Waals surface area contributed by atoms with Crippen molar-refractivity contribution in [2.24, 2.45) is 0 Å². The highest BCUT2D eigenvalue weighted by Crippen LogP contribution is 2.31. The summed E-state index contributed by atoms with van der Waals surface area (Å²) in [5, 5.41) is 3.55. The van der Waals surface area contributed by atoms with Crippen LogP contribution in [-0.4, -0.2) is 25.2 Å². The Balaban J connectivity index is 1.65. The van der Waals surface area contributed by atoms with Gasteiger partial charge in [-0.15, -0.1) is 0 Å². The van der Waals surface area contributed by atoms with Gasteiger partial charge in [0.25, 0.3) is 0 Å². The molecule has 3 aromatic rings. The van der Waals surface area contributed by atoms with Crippen LogP contribution in [0.15, 0.2) is 54.7 Å². The molecule has 0 radical (unpaired) electrons. The Kier molecular flexibility index (Phi) is 6.23. The topological polar surface area (TPSA) is 63.7 Å². The lowest BCUT2D eigenvalue weighted by Crippen LogP contribution is -2.31. The van der Waals surface area contributed by atoms with Crippen molar-refractivity contribution < 1.29 is 18.7 Å². The number of carbonyl (C=O) groups is 1. The number of hydrogen-bond donors (Lipinski definition) is 1. The zero-order chi connectivity index (χ0) is 20.1. The van der Waals surface area contributed by atoms with E-state index in [0.29, 0.717) is 15.9 Å². The van der Waals surface area contributed by atoms with E-state index in [1.807, 2.05) is 31.2 Å². The summed E-state index contributed by atoms with van der Waals surface area (Å²) in [5.74, 6) is -0.0232.